The van der Waals surface area contributed by atoms with Gasteiger partial charge in [0.05, 0.1) is 0 Å². The van der Waals surface area contributed by atoms with Crippen LogP contribution in [0, 0.1) is 19.5 Å². The first-order chi connectivity index (χ1) is 5.04. The molecule has 1 nitrogen and oxygen atoms in total. The Bertz CT molecular complexity index is 72.2. The summed E-state index contributed by atoms with van der Waals surface area (Å²) in [6.45, 7) is 14.7. The van der Waals surface area contributed by atoms with E-state index in [1.165, 1.54) is 0 Å². The molecule has 0 bridgehead atoms. The summed E-state index contributed by atoms with van der Waals surface area (Å²) in [5.41, 5.74) is 0. The third kappa shape index (κ3) is 13.6. The van der Waals surface area contributed by atoms with Crippen molar-refractivity contribution in [3.05, 3.63) is 13.6 Å². The minimum Gasteiger partial charge on any atom is -0.605 e. The maximum Gasteiger partial charge on any atom is 0 e. The number of nitrogens with zero attached hydrogens (tertiary/aromatic N) is 1. The van der Waals surface area contributed by atoms with Gasteiger partial charge in [-0.25, -0.2) is 0 Å². The van der Waals surface area contributed by atoms with Gasteiger partial charge in [-0.15, -0.1) is 0 Å². The molecule has 0 aromatic carbocycles. The molecule has 73 valence electrons. The van der Waals surface area contributed by atoms with Crippen LogP contribution in [0.5, 0.6) is 0 Å². The largest absolute Gasteiger partial charge is 0.605 e. The summed E-state index contributed by atoms with van der Waals surface area (Å²) in [6, 6.07) is 0.521. The van der Waals surface area contributed by atoms with Crippen LogP contribution in [0.25, 0.3) is 0 Å². The second kappa shape index (κ2) is 12.1. The van der Waals surface area contributed by atoms with Crippen molar-refractivity contribution in [2.45, 2.75) is 47.6 Å². The SMILES string of the molecule is CC.[CH2-]N([CH-]C(C)C)C(C)C.[Y]. The molecule has 0 aromatic heterocycles. The summed E-state index contributed by atoms with van der Waals surface area (Å²) in [5.74, 6) is 0.602. The van der Waals surface area contributed by atoms with Gasteiger partial charge in [-0.3, -0.25) is 6.54 Å². The van der Waals surface area contributed by atoms with Gasteiger partial charge >= 0.3 is 0 Å². The summed E-state index contributed by atoms with van der Waals surface area (Å²) in [5, 5.41) is 0. The summed E-state index contributed by atoms with van der Waals surface area (Å²) in [4.78, 5) is 1.99. The van der Waals surface area contributed by atoms with Crippen molar-refractivity contribution in [2.24, 2.45) is 5.92 Å². The summed E-state index contributed by atoms with van der Waals surface area (Å²) < 4.78 is 0. The Balaban J connectivity index is -0.000000249. The van der Waals surface area contributed by atoms with Crippen LogP contribution in [0.3, 0.4) is 0 Å². The summed E-state index contributed by atoms with van der Waals surface area (Å²) in [7, 11) is 3.86. The molecule has 0 saturated carbocycles. The second-order valence-corrected chi connectivity index (χ2v) is 3.00. The van der Waals surface area contributed by atoms with Crippen molar-refractivity contribution in [1.29, 1.82) is 0 Å². The van der Waals surface area contributed by atoms with Gasteiger partial charge in [0.25, 0.3) is 0 Å². The summed E-state index contributed by atoms with van der Waals surface area (Å²) in [6.07, 6.45) is 0. The van der Waals surface area contributed by atoms with Crippen LogP contribution in [0.15, 0.2) is 0 Å². The third-order valence-corrected chi connectivity index (χ3v) is 1.15. The smallest absolute Gasteiger partial charge is 0 e. The first kappa shape index (κ1) is 18.8. The van der Waals surface area contributed by atoms with Gasteiger partial charge in [0.15, 0.2) is 0 Å². The maximum atomic E-state index is 3.86. The fourth-order valence-corrected chi connectivity index (χ4v) is 0.555. The van der Waals surface area contributed by atoms with Gasteiger partial charge in [0.1, 0.15) is 0 Å². The molecular formula is C10H23NY-2. The molecule has 0 unspecified atom stereocenters. The van der Waals surface area contributed by atoms with Crippen LogP contribution in [-0.2, 0) is 32.7 Å². The van der Waals surface area contributed by atoms with E-state index >= 15 is 0 Å². The average Bonchev–Trinajstić information content (AvgIpc) is 1.90. The monoisotopic (exact) mass is 246 g/mol. The fraction of sp³-hybridized carbons (Fsp3) is 0.800. The quantitative estimate of drug-likeness (QED) is 0.690. The second-order valence-electron chi connectivity index (χ2n) is 3.00. The molecule has 0 rings (SSSR count). The molecule has 0 aliphatic rings. The van der Waals surface area contributed by atoms with Crippen LogP contribution in [0.2, 0.25) is 0 Å². The van der Waals surface area contributed by atoms with E-state index in [2.05, 4.69) is 41.3 Å². The van der Waals surface area contributed by atoms with Crippen molar-refractivity contribution in [2.75, 3.05) is 0 Å². The molecule has 12 heavy (non-hydrogen) atoms. The van der Waals surface area contributed by atoms with Gasteiger partial charge in [-0.05, 0) is 6.04 Å². The Kier molecular flexibility index (Phi) is 18.9. The van der Waals surface area contributed by atoms with Crippen LogP contribution in [0.1, 0.15) is 41.5 Å². The Morgan fingerprint density at radius 3 is 1.50 bits per heavy atom. The molecule has 0 fully saturated rings. The molecule has 0 spiro atoms. The van der Waals surface area contributed by atoms with Crippen molar-refractivity contribution >= 4 is 0 Å². The van der Waals surface area contributed by atoms with E-state index in [0.717, 1.165) is 0 Å². The third-order valence-electron chi connectivity index (χ3n) is 1.15. The molecular weight excluding hydrogens is 223 g/mol. The van der Waals surface area contributed by atoms with Gasteiger partial charge in [0, 0.05) is 32.7 Å². The standard InChI is InChI=1S/C8H17N.C2H6.Y/c1-7(2)6-9(5)8(3)4;1-2;/h6-8H,5H2,1-4H3;1-2H3;/q-2;;. The Morgan fingerprint density at radius 2 is 1.42 bits per heavy atom. The molecule has 0 atom stereocenters. The zero-order chi connectivity index (χ0) is 9.44. The number of rotatable bonds is 3. The Hall–Kier alpha value is 1.06. The zero-order valence-corrected chi connectivity index (χ0v) is 12.3. The molecule has 0 aromatic rings. The van der Waals surface area contributed by atoms with Crippen molar-refractivity contribution < 1.29 is 32.7 Å². The van der Waals surface area contributed by atoms with Crippen LogP contribution >= 0.6 is 0 Å². The number of hydrogen-bond donors (Lipinski definition) is 0. The van der Waals surface area contributed by atoms with Crippen molar-refractivity contribution in [1.82, 2.24) is 4.90 Å². The zero-order valence-electron chi connectivity index (χ0n) is 9.46. The molecule has 0 amide bonds. The van der Waals surface area contributed by atoms with E-state index in [0.29, 0.717) is 12.0 Å². The normalized spacial score (nSPS) is 9.50. The van der Waals surface area contributed by atoms with E-state index in [1.807, 2.05) is 18.7 Å². The molecule has 0 aliphatic heterocycles. The molecule has 0 heterocycles. The molecule has 2 heteroatoms. The predicted molar refractivity (Wildman–Crippen MR) is 52.8 cm³/mol. The van der Waals surface area contributed by atoms with Crippen molar-refractivity contribution in [3.8, 4) is 0 Å². The molecule has 0 N–H and O–H groups in total. The van der Waals surface area contributed by atoms with Crippen LogP contribution < -0.4 is 0 Å². The molecule has 0 saturated heterocycles. The summed E-state index contributed by atoms with van der Waals surface area (Å²) >= 11 is 0. The molecule has 0 aliphatic carbocycles. The van der Waals surface area contributed by atoms with E-state index in [9.17, 15) is 0 Å². The van der Waals surface area contributed by atoms with Gasteiger partial charge < -0.3 is 11.9 Å². The minimum absolute atomic E-state index is 0. The Morgan fingerprint density at radius 1 is 1.08 bits per heavy atom. The van der Waals surface area contributed by atoms with Gasteiger partial charge in [-0.2, -0.15) is 5.92 Å². The van der Waals surface area contributed by atoms with E-state index in [-0.39, 0.29) is 32.7 Å². The van der Waals surface area contributed by atoms with Gasteiger partial charge in [-0.1, -0.05) is 41.5 Å². The van der Waals surface area contributed by atoms with E-state index in [1.54, 1.807) is 0 Å². The van der Waals surface area contributed by atoms with E-state index < -0.39 is 0 Å². The predicted octanol–water partition coefficient (Wildman–Crippen LogP) is 3.33. The molecule has 1 radical (unpaired) electrons. The van der Waals surface area contributed by atoms with Gasteiger partial charge in [0.2, 0.25) is 0 Å². The topological polar surface area (TPSA) is 3.24 Å². The first-order valence-corrected chi connectivity index (χ1v) is 4.48. The Labute approximate surface area is 104 Å². The first-order valence-electron chi connectivity index (χ1n) is 4.48. The van der Waals surface area contributed by atoms with Crippen LogP contribution in [0.4, 0.5) is 0 Å². The van der Waals surface area contributed by atoms with Crippen LogP contribution in [-0.4, -0.2) is 10.9 Å². The van der Waals surface area contributed by atoms with E-state index in [4.69, 9.17) is 0 Å². The van der Waals surface area contributed by atoms with Crippen molar-refractivity contribution in [3.63, 3.8) is 0 Å². The maximum absolute atomic E-state index is 3.86. The minimum atomic E-state index is 0. The fourth-order valence-electron chi connectivity index (χ4n) is 0.555. The number of hydrogen-bond acceptors (Lipinski definition) is 1. The average molecular weight is 246 g/mol.